The number of benzene rings is 2. The summed E-state index contributed by atoms with van der Waals surface area (Å²) in [5, 5.41) is 9.62. The van der Waals surface area contributed by atoms with E-state index in [-0.39, 0.29) is 12.5 Å². The first-order chi connectivity index (χ1) is 8.81. The van der Waals surface area contributed by atoms with Gasteiger partial charge in [0.05, 0.1) is 0 Å². The highest BCUT2D eigenvalue weighted by Crippen LogP contribution is 2.26. The van der Waals surface area contributed by atoms with Gasteiger partial charge >= 0.3 is 0 Å². The van der Waals surface area contributed by atoms with Crippen molar-refractivity contribution < 1.29 is 5.11 Å². The Morgan fingerprint density at radius 3 is 2.00 bits per heavy atom. The average Bonchev–Trinajstić information content (AvgIpc) is 2.46. The van der Waals surface area contributed by atoms with Crippen molar-refractivity contribution in [1.82, 2.24) is 0 Å². The highest BCUT2D eigenvalue weighted by atomic mass is 16.3. The van der Waals surface area contributed by atoms with Crippen molar-refractivity contribution in [3.63, 3.8) is 0 Å². The molecule has 0 aliphatic carbocycles. The molecule has 2 rings (SSSR count). The van der Waals surface area contributed by atoms with Gasteiger partial charge < -0.3 is 5.11 Å². The van der Waals surface area contributed by atoms with E-state index in [0.29, 0.717) is 5.92 Å². The number of aliphatic hydroxyl groups excluding tert-OH is 1. The summed E-state index contributed by atoms with van der Waals surface area (Å²) in [6, 6.07) is 20.8. The molecule has 2 aromatic carbocycles. The van der Waals surface area contributed by atoms with E-state index < -0.39 is 0 Å². The van der Waals surface area contributed by atoms with Crippen LogP contribution in [0.2, 0.25) is 0 Å². The van der Waals surface area contributed by atoms with Crippen molar-refractivity contribution in [1.29, 1.82) is 0 Å². The molecular weight excluding hydrogens is 220 g/mol. The van der Waals surface area contributed by atoms with Crippen LogP contribution >= 0.6 is 0 Å². The Morgan fingerprint density at radius 2 is 1.44 bits per heavy atom. The minimum atomic E-state index is 0.227. The van der Waals surface area contributed by atoms with Crippen molar-refractivity contribution in [2.75, 3.05) is 6.61 Å². The standard InChI is InChI=1S/C17H20O/c1-14(16-10-6-3-7-11-16)17(13-18)12-15-8-4-2-5-9-15/h2-11,14,17-18H,12-13H2,1H3. The van der Waals surface area contributed by atoms with Crippen LogP contribution in [0.15, 0.2) is 60.7 Å². The third-order valence-electron chi connectivity index (χ3n) is 3.61. The Labute approximate surface area is 109 Å². The van der Waals surface area contributed by atoms with E-state index in [1.165, 1.54) is 11.1 Å². The topological polar surface area (TPSA) is 20.2 Å². The van der Waals surface area contributed by atoms with Crippen molar-refractivity contribution in [3.8, 4) is 0 Å². The molecule has 94 valence electrons. The van der Waals surface area contributed by atoms with Crippen LogP contribution in [-0.2, 0) is 6.42 Å². The van der Waals surface area contributed by atoms with Crippen LogP contribution in [0.3, 0.4) is 0 Å². The van der Waals surface area contributed by atoms with Crippen LogP contribution in [0.1, 0.15) is 24.0 Å². The lowest BCUT2D eigenvalue weighted by molar-refractivity contribution is 0.207. The van der Waals surface area contributed by atoms with Gasteiger partial charge in [0.2, 0.25) is 0 Å². The van der Waals surface area contributed by atoms with Gasteiger partial charge in [-0.3, -0.25) is 0 Å². The fourth-order valence-corrected chi connectivity index (χ4v) is 2.35. The van der Waals surface area contributed by atoms with Crippen LogP contribution in [0.25, 0.3) is 0 Å². The van der Waals surface area contributed by atoms with Crippen molar-refractivity contribution >= 4 is 0 Å². The summed E-state index contributed by atoms with van der Waals surface area (Å²) in [6.45, 7) is 2.42. The zero-order chi connectivity index (χ0) is 12.8. The van der Waals surface area contributed by atoms with Gasteiger partial charge in [0, 0.05) is 6.61 Å². The summed E-state index contributed by atoms with van der Waals surface area (Å²) in [6.07, 6.45) is 0.924. The molecular formula is C17H20O. The van der Waals surface area contributed by atoms with Gasteiger partial charge in [0.1, 0.15) is 0 Å². The monoisotopic (exact) mass is 240 g/mol. The van der Waals surface area contributed by atoms with Crippen LogP contribution in [0, 0.1) is 5.92 Å². The van der Waals surface area contributed by atoms with Crippen molar-refractivity contribution in [2.45, 2.75) is 19.3 Å². The van der Waals surface area contributed by atoms with Gasteiger partial charge in [0.25, 0.3) is 0 Å². The van der Waals surface area contributed by atoms with E-state index in [1.54, 1.807) is 0 Å². The van der Waals surface area contributed by atoms with Crippen LogP contribution in [0.4, 0.5) is 0 Å². The maximum atomic E-state index is 9.62. The summed E-state index contributed by atoms with van der Waals surface area (Å²) in [5.74, 6) is 0.645. The first-order valence-corrected chi connectivity index (χ1v) is 6.51. The molecule has 1 N–H and O–H groups in total. The molecule has 0 heterocycles. The van der Waals surface area contributed by atoms with Gasteiger partial charge in [0.15, 0.2) is 0 Å². The molecule has 0 amide bonds. The minimum absolute atomic E-state index is 0.227. The normalized spacial score (nSPS) is 14.1. The second-order valence-corrected chi connectivity index (χ2v) is 4.83. The molecule has 0 aliphatic heterocycles. The van der Waals surface area contributed by atoms with Crippen molar-refractivity contribution in [3.05, 3.63) is 71.8 Å². The Kier molecular flexibility index (Phi) is 4.54. The van der Waals surface area contributed by atoms with E-state index >= 15 is 0 Å². The summed E-state index contributed by atoms with van der Waals surface area (Å²) in [7, 11) is 0. The van der Waals surface area contributed by atoms with Gasteiger partial charge in [-0.15, -0.1) is 0 Å². The molecule has 2 unspecified atom stereocenters. The second-order valence-electron chi connectivity index (χ2n) is 4.83. The Hall–Kier alpha value is -1.60. The third kappa shape index (κ3) is 3.21. The molecule has 1 nitrogen and oxygen atoms in total. The highest BCUT2D eigenvalue weighted by molar-refractivity contribution is 5.21. The molecule has 0 bridgehead atoms. The predicted octanol–water partition coefficient (Wildman–Crippen LogP) is 3.64. The molecule has 0 saturated carbocycles. The molecule has 1 heteroatoms. The fraction of sp³-hybridized carbons (Fsp3) is 0.294. The van der Waals surface area contributed by atoms with Crippen LogP contribution < -0.4 is 0 Å². The fourth-order valence-electron chi connectivity index (χ4n) is 2.35. The first kappa shape index (κ1) is 12.8. The SMILES string of the molecule is CC(c1ccccc1)C(CO)Cc1ccccc1. The lowest BCUT2D eigenvalue weighted by Gasteiger charge is -2.22. The van der Waals surface area contributed by atoms with Crippen molar-refractivity contribution in [2.24, 2.45) is 5.92 Å². The van der Waals surface area contributed by atoms with E-state index in [4.69, 9.17) is 0 Å². The lowest BCUT2D eigenvalue weighted by atomic mass is 9.84. The molecule has 0 fully saturated rings. The molecule has 0 spiro atoms. The van der Waals surface area contributed by atoms with E-state index in [0.717, 1.165) is 6.42 Å². The molecule has 2 atom stereocenters. The van der Waals surface area contributed by atoms with Gasteiger partial charge in [-0.25, -0.2) is 0 Å². The Morgan fingerprint density at radius 1 is 0.889 bits per heavy atom. The Bertz CT molecular complexity index is 450. The summed E-state index contributed by atoms with van der Waals surface area (Å²) >= 11 is 0. The molecule has 0 aromatic heterocycles. The molecule has 0 aliphatic rings. The number of aliphatic hydroxyl groups is 1. The average molecular weight is 240 g/mol. The molecule has 0 radical (unpaired) electrons. The zero-order valence-electron chi connectivity index (χ0n) is 10.8. The maximum absolute atomic E-state index is 9.62. The zero-order valence-corrected chi connectivity index (χ0v) is 10.8. The quantitative estimate of drug-likeness (QED) is 0.846. The van der Waals surface area contributed by atoms with E-state index in [1.807, 2.05) is 12.1 Å². The summed E-state index contributed by atoms with van der Waals surface area (Å²) < 4.78 is 0. The predicted molar refractivity (Wildman–Crippen MR) is 75.6 cm³/mol. The first-order valence-electron chi connectivity index (χ1n) is 6.51. The minimum Gasteiger partial charge on any atom is -0.396 e. The summed E-state index contributed by atoms with van der Waals surface area (Å²) in [5.41, 5.74) is 2.59. The number of hydrogen-bond donors (Lipinski definition) is 1. The maximum Gasteiger partial charge on any atom is 0.0468 e. The van der Waals surface area contributed by atoms with E-state index in [9.17, 15) is 5.11 Å². The lowest BCUT2D eigenvalue weighted by Crippen LogP contribution is -2.17. The highest BCUT2D eigenvalue weighted by Gasteiger charge is 2.18. The molecule has 0 saturated heterocycles. The second kappa shape index (κ2) is 6.36. The number of hydrogen-bond acceptors (Lipinski definition) is 1. The Balaban J connectivity index is 2.09. The molecule has 2 aromatic rings. The van der Waals surface area contributed by atoms with Crippen LogP contribution in [-0.4, -0.2) is 11.7 Å². The van der Waals surface area contributed by atoms with E-state index in [2.05, 4.69) is 55.5 Å². The van der Waals surface area contributed by atoms with Crippen LogP contribution in [0.5, 0.6) is 0 Å². The largest absolute Gasteiger partial charge is 0.396 e. The third-order valence-corrected chi connectivity index (χ3v) is 3.61. The van der Waals surface area contributed by atoms with Gasteiger partial charge in [-0.05, 0) is 29.4 Å². The van der Waals surface area contributed by atoms with Gasteiger partial charge in [-0.1, -0.05) is 67.6 Å². The smallest absolute Gasteiger partial charge is 0.0468 e. The number of rotatable bonds is 5. The van der Waals surface area contributed by atoms with Gasteiger partial charge in [-0.2, -0.15) is 0 Å². The molecule has 18 heavy (non-hydrogen) atoms. The summed E-state index contributed by atoms with van der Waals surface area (Å²) in [4.78, 5) is 0.